The number of nitrogens with zero attached hydrogens (tertiary/aromatic N) is 1. The van der Waals surface area contributed by atoms with Crippen LogP contribution in [0.1, 0.15) is 32.6 Å². The van der Waals surface area contributed by atoms with Crippen molar-refractivity contribution in [3.63, 3.8) is 0 Å². The van der Waals surface area contributed by atoms with Gasteiger partial charge in [0.25, 0.3) is 5.91 Å². The third kappa shape index (κ3) is 2.87. The molecule has 0 spiro atoms. The number of aromatic nitrogens is 1. The Morgan fingerprint density at radius 2 is 2.30 bits per heavy atom. The Balaban J connectivity index is 1.59. The number of amides is 1. The Morgan fingerprint density at radius 1 is 1.40 bits per heavy atom. The molecule has 3 N–H and O–H groups in total. The second-order valence-electron chi connectivity index (χ2n) is 4.79. The molecule has 1 aliphatic rings. The highest BCUT2D eigenvalue weighted by atomic mass is 32.1. The van der Waals surface area contributed by atoms with Crippen LogP contribution < -0.4 is 16.2 Å². The number of nitrogens with one attached hydrogen (secondary N) is 3. The molecule has 2 aromatic heterocycles. The molecule has 3 heterocycles. The molecule has 1 aliphatic heterocycles. The molecule has 0 aliphatic carbocycles. The molecule has 0 saturated carbocycles. The van der Waals surface area contributed by atoms with Gasteiger partial charge in [0.15, 0.2) is 0 Å². The van der Waals surface area contributed by atoms with Gasteiger partial charge in [-0.05, 0) is 31.2 Å². The number of aryl methyl sites for hydroxylation is 1. The van der Waals surface area contributed by atoms with Crippen LogP contribution in [0.4, 0.5) is 0 Å². The minimum atomic E-state index is -0.111. The van der Waals surface area contributed by atoms with E-state index in [0.29, 0.717) is 5.56 Å². The van der Waals surface area contributed by atoms with E-state index in [2.05, 4.69) is 40.2 Å². The van der Waals surface area contributed by atoms with Gasteiger partial charge in [-0.2, -0.15) is 0 Å². The molecular weight excluding hydrogens is 272 g/mol. The van der Waals surface area contributed by atoms with Gasteiger partial charge in [-0.1, -0.05) is 0 Å². The van der Waals surface area contributed by atoms with E-state index >= 15 is 0 Å². The third-order valence-electron chi connectivity index (χ3n) is 3.24. The molecule has 0 aromatic carbocycles. The molecule has 0 radical (unpaired) electrons. The van der Waals surface area contributed by atoms with Crippen LogP contribution in [0.3, 0.4) is 0 Å². The molecule has 1 fully saturated rings. The van der Waals surface area contributed by atoms with Gasteiger partial charge < -0.3 is 5.32 Å². The molecule has 104 valence electrons. The van der Waals surface area contributed by atoms with Crippen molar-refractivity contribution in [2.45, 2.75) is 25.6 Å². The summed E-state index contributed by atoms with van der Waals surface area (Å²) >= 11 is 1.78. The lowest BCUT2D eigenvalue weighted by atomic mass is 10.1. The summed E-state index contributed by atoms with van der Waals surface area (Å²) in [5, 5.41) is 2.95. The zero-order valence-electron chi connectivity index (χ0n) is 11.1. The summed E-state index contributed by atoms with van der Waals surface area (Å²) in [6, 6.07) is 8.00. The molecule has 1 saturated heterocycles. The van der Waals surface area contributed by atoms with E-state index in [1.165, 1.54) is 9.75 Å². The van der Waals surface area contributed by atoms with Crippen molar-refractivity contribution in [3.8, 4) is 0 Å². The zero-order valence-corrected chi connectivity index (χ0v) is 11.9. The average Bonchev–Trinajstić information content (AvgIpc) is 3.09. The van der Waals surface area contributed by atoms with E-state index in [1.54, 1.807) is 35.9 Å². The van der Waals surface area contributed by atoms with E-state index in [0.717, 1.165) is 6.42 Å². The molecule has 3 rings (SSSR count). The van der Waals surface area contributed by atoms with Crippen molar-refractivity contribution < 1.29 is 4.79 Å². The Morgan fingerprint density at radius 3 is 3.00 bits per heavy atom. The fourth-order valence-corrected chi connectivity index (χ4v) is 3.16. The maximum atomic E-state index is 12.0. The predicted molar refractivity (Wildman–Crippen MR) is 78.2 cm³/mol. The highest BCUT2D eigenvalue weighted by Gasteiger charge is 2.27. The zero-order chi connectivity index (χ0) is 13.9. The number of hydrogen-bond acceptors (Lipinski definition) is 5. The van der Waals surface area contributed by atoms with Gasteiger partial charge in [0.05, 0.1) is 17.8 Å². The van der Waals surface area contributed by atoms with Crippen molar-refractivity contribution >= 4 is 17.2 Å². The maximum Gasteiger partial charge on any atom is 0.254 e. The van der Waals surface area contributed by atoms with Crippen molar-refractivity contribution in [2.75, 3.05) is 0 Å². The number of carbonyl (C=O) groups excluding carboxylic acids is 1. The molecule has 2 unspecified atom stereocenters. The van der Waals surface area contributed by atoms with E-state index in [9.17, 15) is 4.79 Å². The minimum Gasteiger partial charge on any atom is -0.335 e. The SMILES string of the molecule is Cc1ccc(C2CC(NC(=O)c3cccnc3)NN2)s1. The summed E-state index contributed by atoms with van der Waals surface area (Å²) in [5.41, 5.74) is 6.92. The molecule has 6 heteroatoms. The van der Waals surface area contributed by atoms with Crippen LogP contribution in [-0.4, -0.2) is 17.1 Å². The van der Waals surface area contributed by atoms with Crippen LogP contribution in [0.2, 0.25) is 0 Å². The van der Waals surface area contributed by atoms with Crippen LogP contribution in [0, 0.1) is 6.92 Å². The van der Waals surface area contributed by atoms with Crippen LogP contribution >= 0.6 is 11.3 Å². The number of carbonyl (C=O) groups is 1. The van der Waals surface area contributed by atoms with Crippen LogP contribution in [0.25, 0.3) is 0 Å². The monoisotopic (exact) mass is 288 g/mol. The van der Waals surface area contributed by atoms with Crippen LogP contribution in [-0.2, 0) is 0 Å². The van der Waals surface area contributed by atoms with Gasteiger partial charge in [-0.15, -0.1) is 11.3 Å². The summed E-state index contributed by atoms with van der Waals surface area (Å²) in [6.07, 6.45) is 3.97. The van der Waals surface area contributed by atoms with Crippen LogP contribution in [0.15, 0.2) is 36.7 Å². The van der Waals surface area contributed by atoms with E-state index < -0.39 is 0 Å². The quantitative estimate of drug-likeness (QED) is 0.805. The first-order valence-corrected chi connectivity index (χ1v) is 7.32. The summed E-state index contributed by atoms with van der Waals surface area (Å²) in [7, 11) is 0. The Hall–Kier alpha value is -1.76. The largest absolute Gasteiger partial charge is 0.335 e. The van der Waals surface area contributed by atoms with Crippen LogP contribution in [0.5, 0.6) is 0 Å². The third-order valence-corrected chi connectivity index (χ3v) is 4.35. The number of pyridine rings is 1. The summed E-state index contributed by atoms with van der Waals surface area (Å²) in [5.74, 6) is -0.111. The second kappa shape index (κ2) is 5.70. The van der Waals surface area contributed by atoms with E-state index in [1.807, 2.05) is 0 Å². The molecule has 0 bridgehead atoms. The Labute approximate surface area is 121 Å². The standard InChI is InChI=1S/C14H16N4OS/c1-9-4-5-12(20-9)11-7-13(18-17-11)16-14(19)10-3-2-6-15-8-10/h2-6,8,11,13,17-18H,7H2,1H3,(H,16,19). The fourth-order valence-electron chi connectivity index (χ4n) is 2.22. The first-order valence-electron chi connectivity index (χ1n) is 6.50. The Kier molecular flexibility index (Phi) is 3.77. The maximum absolute atomic E-state index is 12.0. The molecular formula is C14H16N4OS. The molecule has 5 nitrogen and oxygen atoms in total. The predicted octanol–water partition coefficient (Wildman–Crippen LogP) is 1.75. The molecule has 2 atom stereocenters. The lowest BCUT2D eigenvalue weighted by Crippen LogP contribution is -2.44. The molecule has 1 amide bonds. The fraction of sp³-hybridized carbons (Fsp3) is 0.286. The molecule has 20 heavy (non-hydrogen) atoms. The Bertz CT molecular complexity index is 598. The second-order valence-corrected chi connectivity index (χ2v) is 6.11. The number of hydrogen-bond donors (Lipinski definition) is 3. The number of rotatable bonds is 3. The van der Waals surface area contributed by atoms with E-state index in [4.69, 9.17) is 0 Å². The van der Waals surface area contributed by atoms with Crippen molar-refractivity contribution in [1.29, 1.82) is 0 Å². The lowest BCUT2D eigenvalue weighted by Gasteiger charge is -2.11. The van der Waals surface area contributed by atoms with Gasteiger partial charge in [0, 0.05) is 28.6 Å². The van der Waals surface area contributed by atoms with Gasteiger partial charge in [0.1, 0.15) is 0 Å². The smallest absolute Gasteiger partial charge is 0.254 e. The van der Waals surface area contributed by atoms with E-state index in [-0.39, 0.29) is 18.1 Å². The minimum absolute atomic E-state index is 0.0740. The van der Waals surface area contributed by atoms with Gasteiger partial charge in [-0.3, -0.25) is 9.78 Å². The highest BCUT2D eigenvalue weighted by Crippen LogP contribution is 2.27. The van der Waals surface area contributed by atoms with Crippen molar-refractivity contribution in [2.24, 2.45) is 0 Å². The lowest BCUT2D eigenvalue weighted by molar-refractivity contribution is 0.0932. The number of thiophene rings is 1. The van der Waals surface area contributed by atoms with Gasteiger partial charge in [-0.25, -0.2) is 10.9 Å². The first-order chi connectivity index (χ1) is 9.72. The average molecular weight is 288 g/mol. The van der Waals surface area contributed by atoms with Gasteiger partial charge >= 0.3 is 0 Å². The summed E-state index contributed by atoms with van der Waals surface area (Å²) in [4.78, 5) is 18.6. The topological polar surface area (TPSA) is 66.0 Å². The summed E-state index contributed by atoms with van der Waals surface area (Å²) in [6.45, 7) is 2.10. The normalized spacial score (nSPS) is 21.9. The van der Waals surface area contributed by atoms with Crippen molar-refractivity contribution in [3.05, 3.63) is 52.0 Å². The van der Waals surface area contributed by atoms with Crippen molar-refractivity contribution in [1.82, 2.24) is 21.2 Å². The highest BCUT2D eigenvalue weighted by molar-refractivity contribution is 7.12. The molecule has 2 aromatic rings. The number of hydrazine groups is 1. The first kappa shape index (κ1) is 13.2. The summed E-state index contributed by atoms with van der Waals surface area (Å²) < 4.78 is 0. The van der Waals surface area contributed by atoms with Gasteiger partial charge in [0.2, 0.25) is 0 Å².